The second-order valence-electron chi connectivity index (χ2n) is 4.86. The van der Waals surface area contributed by atoms with Crippen LogP contribution in [0.2, 0.25) is 0 Å². The molecule has 0 aromatic heterocycles. The predicted octanol–water partition coefficient (Wildman–Crippen LogP) is 3.17. The summed E-state index contributed by atoms with van der Waals surface area (Å²) in [6, 6.07) is 0.322. The van der Waals surface area contributed by atoms with E-state index in [0.717, 1.165) is 25.0 Å². The van der Waals surface area contributed by atoms with Crippen LogP contribution in [0, 0.1) is 0 Å². The minimum atomic E-state index is -4.14. The average Bonchev–Trinajstić information content (AvgIpc) is 2.75. The number of aliphatic imine (C=N–C) groups is 1. The lowest BCUT2D eigenvalue weighted by atomic mass is 10.2. The normalized spacial score (nSPS) is 23.9. The standard InChI is InChI=1S/C13H24F3N3S/c1-3-17-12(18-8-7-13(14,15)16)19-10-5-6-11(9-10)20-4-2/h10-11H,3-9H2,1-2H3,(H2,17,18,19). The highest BCUT2D eigenvalue weighted by Gasteiger charge is 2.27. The second-order valence-corrected chi connectivity index (χ2v) is 6.43. The fraction of sp³-hybridized carbons (Fsp3) is 0.923. The van der Waals surface area contributed by atoms with Gasteiger partial charge in [-0.1, -0.05) is 6.92 Å². The van der Waals surface area contributed by atoms with Gasteiger partial charge in [-0.25, -0.2) is 0 Å². The van der Waals surface area contributed by atoms with E-state index >= 15 is 0 Å². The van der Waals surface area contributed by atoms with Crippen LogP contribution in [0.15, 0.2) is 4.99 Å². The molecule has 0 aromatic rings. The van der Waals surface area contributed by atoms with Gasteiger partial charge in [0.25, 0.3) is 0 Å². The summed E-state index contributed by atoms with van der Waals surface area (Å²) in [5.74, 6) is 1.61. The summed E-state index contributed by atoms with van der Waals surface area (Å²) < 4.78 is 36.4. The Morgan fingerprint density at radius 2 is 2.05 bits per heavy atom. The summed E-state index contributed by atoms with van der Waals surface area (Å²) in [5, 5.41) is 6.92. The fourth-order valence-corrected chi connectivity index (χ4v) is 3.41. The Labute approximate surface area is 123 Å². The van der Waals surface area contributed by atoms with Crippen molar-refractivity contribution in [3.05, 3.63) is 0 Å². The Morgan fingerprint density at radius 3 is 2.65 bits per heavy atom. The number of hydrogen-bond donors (Lipinski definition) is 2. The van der Waals surface area contributed by atoms with Crippen LogP contribution in [0.5, 0.6) is 0 Å². The van der Waals surface area contributed by atoms with Crippen molar-refractivity contribution in [3.8, 4) is 0 Å². The molecule has 0 saturated heterocycles. The van der Waals surface area contributed by atoms with Gasteiger partial charge in [0.15, 0.2) is 5.96 Å². The lowest BCUT2D eigenvalue weighted by Crippen LogP contribution is -2.42. The van der Waals surface area contributed by atoms with E-state index in [4.69, 9.17) is 0 Å². The molecule has 2 atom stereocenters. The van der Waals surface area contributed by atoms with E-state index in [9.17, 15) is 13.2 Å². The number of thioether (sulfide) groups is 1. The van der Waals surface area contributed by atoms with Crippen molar-refractivity contribution in [2.24, 2.45) is 4.99 Å². The van der Waals surface area contributed by atoms with Gasteiger partial charge < -0.3 is 10.6 Å². The summed E-state index contributed by atoms with van der Waals surface area (Å²) >= 11 is 1.96. The van der Waals surface area contributed by atoms with E-state index in [1.54, 1.807) is 0 Å². The second kappa shape index (κ2) is 8.64. The van der Waals surface area contributed by atoms with Gasteiger partial charge in [-0.2, -0.15) is 24.9 Å². The predicted molar refractivity (Wildman–Crippen MR) is 79.3 cm³/mol. The minimum Gasteiger partial charge on any atom is -0.357 e. The lowest BCUT2D eigenvalue weighted by Gasteiger charge is -2.17. The highest BCUT2D eigenvalue weighted by Crippen LogP contribution is 2.29. The molecule has 0 radical (unpaired) electrons. The zero-order valence-electron chi connectivity index (χ0n) is 12.1. The largest absolute Gasteiger partial charge is 0.390 e. The van der Waals surface area contributed by atoms with E-state index in [1.165, 1.54) is 0 Å². The number of hydrogen-bond acceptors (Lipinski definition) is 2. The Hall–Kier alpha value is -0.590. The summed E-state index contributed by atoms with van der Waals surface area (Å²) in [7, 11) is 0. The van der Waals surface area contributed by atoms with E-state index in [-0.39, 0.29) is 6.54 Å². The molecule has 0 amide bonds. The van der Waals surface area contributed by atoms with Crippen LogP contribution < -0.4 is 10.6 Å². The van der Waals surface area contributed by atoms with Gasteiger partial charge in [0.2, 0.25) is 0 Å². The topological polar surface area (TPSA) is 36.4 Å². The van der Waals surface area contributed by atoms with Crippen LogP contribution in [0.3, 0.4) is 0 Å². The van der Waals surface area contributed by atoms with Gasteiger partial charge in [0.05, 0.1) is 13.0 Å². The van der Waals surface area contributed by atoms with Crippen LogP contribution in [0.1, 0.15) is 39.5 Å². The van der Waals surface area contributed by atoms with Crippen molar-refractivity contribution in [1.82, 2.24) is 10.6 Å². The number of alkyl halides is 3. The molecule has 0 heterocycles. The van der Waals surface area contributed by atoms with Crippen LogP contribution in [-0.2, 0) is 0 Å². The molecule has 20 heavy (non-hydrogen) atoms. The third-order valence-corrected chi connectivity index (χ3v) is 4.37. The maximum atomic E-state index is 12.1. The molecule has 2 unspecified atom stereocenters. The molecule has 118 valence electrons. The Balaban J connectivity index is 2.40. The van der Waals surface area contributed by atoms with Crippen LogP contribution >= 0.6 is 11.8 Å². The first-order chi connectivity index (χ1) is 9.44. The zero-order chi connectivity index (χ0) is 15.0. The number of nitrogens with zero attached hydrogens (tertiary/aromatic N) is 1. The molecule has 3 nitrogen and oxygen atoms in total. The maximum Gasteiger partial charge on any atom is 0.390 e. The summed E-state index contributed by atoms with van der Waals surface area (Å²) in [5.41, 5.74) is 0. The van der Waals surface area contributed by atoms with Crippen molar-refractivity contribution in [3.63, 3.8) is 0 Å². The number of rotatable bonds is 6. The molecule has 1 fully saturated rings. The van der Waals surface area contributed by atoms with Crippen LogP contribution in [0.25, 0.3) is 0 Å². The Bertz CT molecular complexity index is 308. The first kappa shape index (κ1) is 17.5. The van der Waals surface area contributed by atoms with E-state index < -0.39 is 12.6 Å². The van der Waals surface area contributed by atoms with Crippen molar-refractivity contribution in [2.45, 2.75) is 57.0 Å². The number of nitrogens with one attached hydrogen (secondary N) is 2. The molecule has 1 saturated carbocycles. The van der Waals surface area contributed by atoms with Crippen LogP contribution in [-0.4, -0.2) is 42.3 Å². The Kier molecular flexibility index (Phi) is 7.55. The molecule has 0 aromatic carbocycles. The summed E-state index contributed by atoms with van der Waals surface area (Å²) in [6.07, 6.45) is -1.73. The third kappa shape index (κ3) is 7.26. The lowest BCUT2D eigenvalue weighted by molar-refractivity contribution is -0.132. The summed E-state index contributed by atoms with van der Waals surface area (Å²) in [6.45, 7) is 4.48. The van der Waals surface area contributed by atoms with Gasteiger partial charge in [-0.05, 0) is 31.9 Å². The highest BCUT2D eigenvalue weighted by atomic mass is 32.2. The average molecular weight is 311 g/mol. The smallest absolute Gasteiger partial charge is 0.357 e. The molecular weight excluding hydrogens is 287 g/mol. The van der Waals surface area contributed by atoms with Crippen molar-refractivity contribution >= 4 is 17.7 Å². The van der Waals surface area contributed by atoms with Gasteiger partial charge in [0, 0.05) is 17.8 Å². The SMILES string of the molecule is CCNC(=NCCC(F)(F)F)NC1CCC(SCC)C1. The Morgan fingerprint density at radius 1 is 1.30 bits per heavy atom. The molecule has 0 spiro atoms. The first-order valence-corrected chi connectivity index (χ1v) is 8.22. The molecule has 0 bridgehead atoms. The molecule has 0 aliphatic heterocycles. The van der Waals surface area contributed by atoms with E-state index in [1.807, 2.05) is 18.7 Å². The van der Waals surface area contributed by atoms with Crippen molar-refractivity contribution in [2.75, 3.05) is 18.8 Å². The highest BCUT2D eigenvalue weighted by molar-refractivity contribution is 7.99. The fourth-order valence-electron chi connectivity index (χ4n) is 2.27. The minimum absolute atomic E-state index is 0.224. The van der Waals surface area contributed by atoms with E-state index in [2.05, 4.69) is 22.5 Å². The van der Waals surface area contributed by atoms with Crippen LogP contribution in [0.4, 0.5) is 13.2 Å². The molecule has 2 N–H and O–H groups in total. The van der Waals surface area contributed by atoms with Crippen molar-refractivity contribution in [1.29, 1.82) is 0 Å². The molecule has 1 aliphatic carbocycles. The third-order valence-electron chi connectivity index (χ3n) is 3.14. The van der Waals surface area contributed by atoms with E-state index in [0.29, 0.717) is 23.8 Å². The molecule has 1 rings (SSSR count). The monoisotopic (exact) mass is 311 g/mol. The van der Waals surface area contributed by atoms with Gasteiger partial charge in [0.1, 0.15) is 0 Å². The van der Waals surface area contributed by atoms with Gasteiger partial charge in [-0.3, -0.25) is 4.99 Å². The molecule has 7 heteroatoms. The van der Waals surface area contributed by atoms with Crippen molar-refractivity contribution < 1.29 is 13.2 Å². The quantitative estimate of drug-likeness (QED) is 0.584. The number of guanidine groups is 1. The number of halogens is 3. The first-order valence-electron chi connectivity index (χ1n) is 7.17. The molecule has 1 aliphatic rings. The van der Waals surface area contributed by atoms with Gasteiger partial charge in [-0.15, -0.1) is 0 Å². The van der Waals surface area contributed by atoms with Gasteiger partial charge >= 0.3 is 6.18 Å². The summed E-state index contributed by atoms with van der Waals surface area (Å²) in [4.78, 5) is 4.00. The molecular formula is C13H24F3N3S. The maximum absolute atomic E-state index is 12.1. The zero-order valence-corrected chi connectivity index (χ0v) is 12.9.